The fourth-order valence-corrected chi connectivity index (χ4v) is 1.08. The Bertz CT molecular complexity index is 98.6. The van der Waals surface area contributed by atoms with Crippen LogP contribution in [0.1, 0.15) is 27.2 Å². The van der Waals surface area contributed by atoms with Gasteiger partial charge in [-0.2, -0.15) is 0 Å². The van der Waals surface area contributed by atoms with E-state index in [4.69, 9.17) is 5.73 Å². The van der Waals surface area contributed by atoms with E-state index in [1.807, 2.05) is 0 Å². The number of hydrogen-bond acceptors (Lipinski definition) is 1. The van der Waals surface area contributed by atoms with Crippen molar-refractivity contribution >= 4 is 0 Å². The molecule has 0 heterocycles. The third-order valence-electron chi connectivity index (χ3n) is 2.67. The number of nitrogens with two attached hydrogens (primary N) is 1. The maximum Gasteiger partial charge on any atom is 0.0102 e. The predicted molar refractivity (Wildman–Crippen MR) is 35.5 cm³/mol. The Balaban J connectivity index is 2.47. The molecule has 0 aliphatic heterocycles. The molecule has 1 heteroatoms. The van der Waals surface area contributed by atoms with Gasteiger partial charge in [-0.3, -0.25) is 0 Å². The molecule has 0 amide bonds. The van der Waals surface area contributed by atoms with E-state index in [1.165, 1.54) is 6.42 Å². The Morgan fingerprint density at radius 2 is 2.00 bits per heavy atom. The summed E-state index contributed by atoms with van der Waals surface area (Å²) in [6, 6.07) is 0.488. The molecule has 0 unspecified atom stereocenters. The zero-order chi connectivity index (χ0) is 6.36. The number of hydrogen-bond donors (Lipinski definition) is 1. The molecular weight excluding hydrogens is 98.1 g/mol. The zero-order valence-electron chi connectivity index (χ0n) is 5.94. The van der Waals surface area contributed by atoms with E-state index in [0.29, 0.717) is 11.5 Å². The van der Waals surface area contributed by atoms with Gasteiger partial charge < -0.3 is 5.73 Å². The van der Waals surface area contributed by atoms with Gasteiger partial charge in [0.1, 0.15) is 0 Å². The molecule has 0 bridgehead atoms. The maximum absolute atomic E-state index is 5.70. The first-order chi connectivity index (χ1) is 3.57. The van der Waals surface area contributed by atoms with E-state index in [0.717, 1.165) is 5.92 Å². The first-order valence-corrected chi connectivity index (χ1v) is 3.33. The van der Waals surface area contributed by atoms with Crippen molar-refractivity contribution in [1.82, 2.24) is 0 Å². The lowest BCUT2D eigenvalue weighted by Gasteiger charge is -2.12. The van der Waals surface area contributed by atoms with Gasteiger partial charge in [-0.05, 0) is 17.8 Å². The molecule has 2 N–H and O–H groups in total. The molecule has 2 atom stereocenters. The standard InChI is InChI=1S/C7H15N/c1-5(2)7(3)4-6(7)8/h5-6H,4,8H2,1-3H3/t6-,7+/m1/s1. The average Bonchev–Trinajstić information content (AvgIpc) is 2.17. The maximum atomic E-state index is 5.70. The first-order valence-electron chi connectivity index (χ1n) is 3.33. The summed E-state index contributed by atoms with van der Waals surface area (Å²) >= 11 is 0. The van der Waals surface area contributed by atoms with Crippen LogP contribution in [-0.2, 0) is 0 Å². The summed E-state index contributed by atoms with van der Waals surface area (Å²) in [4.78, 5) is 0. The van der Waals surface area contributed by atoms with Gasteiger partial charge >= 0.3 is 0 Å². The van der Waals surface area contributed by atoms with Crippen LogP contribution in [0.15, 0.2) is 0 Å². The molecule has 1 saturated carbocycles. The second-order valence-electron chi connectivity index (χ2n) is 3.47. The van der Waals surface area contributed by atoms with Crippen LogP contribution in [0.3, 0.4) is 0 Å². The highest BCUT2D eigenvalue weighted by atomic mass is 14.8. The van der Waals surface area contributed by atoms with Crippen LogP contribution in [0, 0.1) is 11.3 Å². The van der Waals surface area contributed by atoms with E-state index >= 15 is 0 Å². The van der Waals surface area contributed by atoms with Crippen LogP contribution in [0.2, 0.25) is 0 Å². The number of rotatable bonds is 1. The molecule has 1 aliphatic carbocycles. The Hall–Kier alpha value is -0.0400. The molecule has 0 aromatic carbocycles. The van der Waals surface area contributed by atoms with Crippen molar-refractivity contribution in [2.45, 2.75) is 33.2 Å². The topological polar surface area (TPSA) is 26.0 Å². The van der Waals surface area contributed by atoms with Crippen molar-refractivity contribution in [3.63, 3.8) is 0 Å². The van der Waals surface area contributed by atoms with E-state index in [9.17, 15) is 0 Å². The smallest absolute Gasteiger partial charge is 0.0102 e. The molecule has 0 radical (unpaired) electrons. The normalized spacial score (nSPS) is 45.4. The quantitative estimate of drug-likeness (QED) is 0.546. The van der Waals surface area contributed by atoms with Crippen molar-refractivity contribution in [3.05, 3.63) is 0 Å². The molecule has 8 heavy (non-hydrogen) atoms. The summed E-state index contributed by atoms with van der Waals surface area (Å²) in [6.07, 6.45) is 1.23. The predicted octanol–water partition coefficient (Wildman–Crippen LogP) is 1.38. The molecule has 0 spiro atoms. The van der Waals surface area contributed by atoms with Crippen LogP contribution in [-0.4, -0.2) is 6.04 Å². The third kappa shape index (κ3) is 0.655. The molecule has 1 fully saturated rings. The second kappa shape index (κ2) is 1.47. The molecule has 0 aromatic heterocycles. The van der Waals surface area contributed by atoms with Gasteiger partial charge in [-0.25, -0.2) is 0 Å². The van der Waals surface area contributed by atoms with Crippen LogP contribution in [0.5, 0.6) is 0 Å². The Morgan fingerprint density at radius 3 is 2.00 bits per heavy atom. The van der Waals surface area contributed by atoms with Gasteiger partial charge in [0.2, 0.25) is 0 Å². The van der Waals surface area contributed by atoms with E-state index in [-0.39, 0.29) is 0 Å². The van der Waals surface area contributed by atoms with Crippen molar-refractivity contribution in [1.29, 1.82) is 0 Å². The van der Waals surface area contributed by atoms with Crippen molar-refractivity contribution in [3.8, 4) is 0 Å². The van der Waals surface area contributed by atoms with Crippen molar-refractivity contribution < 1.29 is 0 Å². The fourth-order valence-electron chi connectivity index (χ4n) is 1.08. The van der Waals surface area contributed by atoms with Gasteiger partial charge in [-0.1, -0.05) is 20.8 Å². The average molecular weight is 113 g/mol. The molecule has 1 aliphatic rings. The minimum atomic E-state index is 0.486. The van der Waals surface area contributed by atoms with Gasteiger partial charge in [0.25, 0.3) is 0 Å². The highest BCUT2D eigenvalue weighted by molar-refractivity contribution is 5.04. The fraction of sp³-hybridized carbons (Fsp3) is 1.00. The summed E-state index contributed by atoms with van der Waals surface area (Å²) in [5.74, 6) is 0.762. The summed E-state index contributed by atoms with van der Waals surface area (Å²) in [5.41, 5.74) is 6.19. The third-order valence-corrected chi connectivity index (χ3v) is 2.67. The summed E-state index contributed by atoms with van der Waals surface area (Å²) in [5, 5.41) is 0. The molecule has 0 saturated heterocycles. The van der Waals surface area contributed by atoms with Crippen LogP contribution in [0.25, 0.3) is 0 Å². The molecular formula is C7H15N. The van der Waals surface area contributed by atoms with E-state index < -0.39 is 0 Å². The lowest BCUT2D eigenvalue weighted by Crippen LogP contribution is -2.15. The summed E-state index contributed by atoms with van der Waals surface area (Å²) in [6.45, 7) is 6.75. The molecule has 1 nitrogen and oxygen atoms in total. The first kappa shape index (κ1) is 6.09. The Labute approximate surface area is 51.3 Å². The van der Waals surface area contributed by atoms with E-state index in [1.54, 1.807) is 0 Å². The second-order valence-corrected chi connectivity index (χ2v) is 3.47. The van der Waals surface area contributed by atoms with Gasteiger partial charge in [-0.15, -0.1) is 0 Å². The summed E-state index contributed by atoms with van der Waals surface area (Å²) in [7, 11) is 0. The molecule has 0 aromatic rings. The van der Waals surface area contributed by atoms with Crippen LogP contribution in [0.4, 0.5) is 0 Å². The monoisotopic (exact) mass is 113 g/mol. The minimum absolute atomic E-state index is 0.486. The van der Waals surface area contributed by atoms with Gasteiger partial charge in [0, 0.05) is 6.04 Å². The zero-order valence-corrected chi connectivity index (χ0v) is 5.94. The highest BCUT2D eigenvalue weighted by Crippen LogP contribution is 2.49. The van der Waals surface area contributed by atoms with Crippen LogP contribution < -0.4 is 5.73 Å². The lowest BCUT2D eigenvalue weighted by atomic mass is 9.94. The highest BCUT2D eigenvalue weighted by Gasteiger charge is 2.49. The molecule has 1 rings (SSSR count). The van der Waals surface area contributed by atoms with Crippen molar-refractivity contribution in [2.24, 2.45) is 17.1 Å². The minimum Gasteiger partial charge on any atom is -0.327 e. The lowest BCUT2D eigenvalue weighted by molar-refractivity contribution is 0.382. The largest absolute Gasteiger partial charge is 0.327 e. The van der Waals surface area contributed by atoms with Crippen molar-refractivity contribution in [2.75, 3.05) is 0 Å². The Kier molecular flexibility index (Phi) is 1.12. The summed E-state index contributed by atoms with van der Waals surface area (Å²) < 4.78 is 0. The van der Waals surface area contributed by atoms with Gasteiger partial charge in [0.15, 0.2) is 0 Å². The van der Waals surface area contributed by atoms with E-state index in [2.05, 4.69) is 20.8 Å². The molecule has 48 valence electrons. The van der Waals surface area contributed by atoms with Crippen LogP contribution >= 0.6 is 0 Å². The Morgan fingerprint density at radius 1 is 1.62 bits per heavy atom. The SMILES string of the molecule is CC(C)[C@]1(C)C[C@H]1N. The van der Waals surface area contributed by atoms with Gasteiger partial charge in [0.05, 0.1) is 0 Å².